The quantitative estimate of drug-likeness (QED) is 0.668. The number of benzene rings is 1. The molecule has 8 nitrogen and oxygen atoms in total. The molecule has 1 aromatic rings. The SMILES string of the molecule is CN(CCCC(=O)O)C(=O)CCC1NC(=O)N(c2ccc(Cl)cc2)C1=O. The molecule has 1 fully saturated rings. The van der Waals surface area contributed by atoms with Gasteiger partial charge in [0.1, 0.15) is 6.04 Å². The smallest absolute Gasteiger partial charge is 0.329 e. The maximum Gasteiger partial charge on any atom is 0.329 e. The summed E-state index contributed by atoms with van der Waals surface area (Å²) in [5.41, 5.74) is 0.413. The Balaban J connectivity index is 1.87. The van der Waals surface area contributed by atoms with Gasteiger partial charge in [-0.15, -0.1) is 0 Å². The predicted octanol–water partition coefficient (Wildman–Crippen LogP) is 1.87. The van der Waals surface area contributed by atoms with E-state index < -0.39 is 23.9 Å². The fourth-order valence-corrected chi connectivity index (χ4v) is 2.74. The van der Waals surface area contributed by atoms with Crippen LogP contribution in [0.2, 0.25) is 5.02 Å². The third-order valence-electron chi connectivity index (χ3n) is 4.06. The third-order valence-corrected chi connectivity index (χ3v) is 4.31. The molecule has 1 unspecified atom stereocenters. The maximum atomic E-state index is 12.5. The number of halogens is 1. The van der Waals surface area contributed by atoms with Crippen LogP contribution in [0.1, 0.15) is 25.7 Å². The van der Waals surface area contributed by atoms with Crippen LogP contribution in [0, 0.1) is 0 Å². The highest BCUT2D eigenvalue weighted by Crippen LogP contribution is 2.23. The van der Waals surface area contributed by atoms with Crippen molar-refractivity contribution in [2.45, 2.75) is 31.7 Å². The minimum absolute atomic E-state index is 0.00909. The fourth-order valence-electron chi connectivity index (χ4n) is 2.61. The normalized spacial score (nSPS) is 16.5. The summed E-state index contributed by atoms with van der Waals surface area (Å²) in [6.45, 7) is 0.326. The Kier molecular flexibility index (Phi) is 6.57. The Morgan fingerprint density at radius 2 is 1.88 bits per heavy atom. The molecule has 0 bridgehead atoms. The lowest BCUT2D eigenvalue weighted by Gasteiger charge is -2.17. The lowest BCUT2D eigenvalue weighted by molar-refractivity contribution is -0.138. The molecule has 0 aliphatic carbocycles. The highest BCUT2D eigenvalue weighted by Gasteiger charge is 2.39. The average Bonchev–Trinajstić information content (AvgIpc) is 2.87. The number of imide groups is 1. The van der Waals surface area contributed by atoms with E-state index in [9.17, 15) is 19.2 Å². The first-order valence-electron chi connectivity index (χ1n) is 8.15. The number of hydrogen-bond donors (Lipinski definition) is 2. The second-order valence-electron chi connectivity index (χ2n) is 6.00. The van der Waals surface area contributed by atoms with Crippen molar-refractivity contribution in [2.75, 3.05) is 18.5 Å². The molecule has 26 heavy (non-hydrogen) atoms. The average molecular weight is 382 g/mol. The summed E-state index contributed by atoms with van der Waals surface area (Å²) in [5, 5.41) is 11.7. The van der Waals surface area contributed by atoms with Gasteiger partial charge >= 0.3 is 12.0 Å². The van der Waals surface area contributed by atoms with Gasteiger partial charge in [-0.3, -0.25) is 14.4 Å². The van der Waals surface area contributed by atoms with E-state index in [2.05, 4.69) is 5.32 Å². The predicted molar refractivity (Wildman–Crippen MR) is 95.0 cm³/mol. The third kappa shape index (κ3) is 4.95. The molecule has 0 spiro atoms. The van der Waals surface area contributed by atoms with Crippen LogP contribution in [0.25, 0.3) is 0 Å². The Bertz CT molecular complexity index is 707. The van der Waals surface area contributed by atoms with Crippen molar-refractivity contribution >= 4 is 41.1 Å². The second kappa shape index (κ2) is 8.66. The molecule has 2 rings (SSSR count). The van der Waals surface area contributed by atoms with E-state index in [1.807, 2.05) is 0 Å². The minimum Gasteiger partial charge on any atom is -0.481 e. The standard InChI is InChI=1S/C17H20ClN3O5/c1-20(10-2-3-15(23)24)14(22)9-8-13-16(25)21(17(26)19-13)12-6-4-11(18)5-7-12/h4-7,13H,2-3,8-10H2,1H3,(H,19,26)(H,23,24). The Labute approximate surface area is 155 Å². The first-order valence-corrected chi connectivity index (χ1v) is 8.53. The number of anilines is 1. The van der Waals surface area contributed by atoms with E-state index in [1.165, 1.54) is 4.90 Å². The van der Waals surface area contributed by atoms with Crippen LogP contribution in [-0.2, 0) is 14.4 Å². The number of hydrogen-bond acceptors (Lipinski definition) is 4. The largest absolute Gasteiger partial charge is 0.481 e. The number of carbonyl (C=O) groups excluding carboxylic acids is 3. The van der Waals surface area contributed by atoms with E-state index in [0.29, 0.717) is 23.7 Å². The Morgan fingerprint density at radius 1 is 1.23 bits per heavy atom. The van der Waals surface area contributed by atoms with Crippen molar-refractivity contribution in [1.29, 1.82) is 0 Å². The van der Waals surface area contributed by atoms with Crippen molar-refractivity contribution in [3.63, 3.8) is 0 Å². The molecule has 1 saturated heterocycles. The summed E-state index contributed by atoms with van der Waals surface area (Å²) in [6, 6.07) is 5.01. The number of carboxylic acid groups (broad SMARTS) is 1. The molecular formula is C17H20ClN3O5. The van der Waals surface area contributed by atoms with E-state index in [-0.39, 0.29) is 25.2 Å². The first-order chi connectivity index (χ1) is 12.3. The van der Waals surface area contributed by atoms with Crippen molar-refractivity contribution in [3.05, 3.63) is 29.3 Å². The molecule has 9 heteroatoms. The number of rotatable bonds is 8. The molecular weight excluding hydrogens is 362 g/mol. The van der Waals surface area contributed by atoms with Crippen molar-refractivity contribution < 1.29 is 24.3 Å². The van der Waals surface area contributed by atoms with Crippen LogP contribution in [0.3, 0.4) is 0 Å². The van der Waals surface area contributed by atoms with Crippen LogP contribution in [0.15, 0.2) is 24.3 Å². The molecule has 2 N–H and O–H groups in total. The summed E-state index contributed by atoms with van der Waals surface area (Å²) in [5.74, 6) is -1.53. The monoisotopic (exact) mass is 381 g/mol. The molecule has 140 valence electrons. The zero-order chi connectivity index (χ0) is 19.3. The fraction of sp³-hybridized carbons (Fsp3) is 0.412. The Hall–Kier alpha value is -2.61. The molecule has 1 atom stereocenters. The van der Waals surface area contributed by atoms with Crippen molar-refractivity contribution in [3.8, 4) is 0 Å². The maximum absolute atomic E-state index is 12.5. The molecule has 0 aromatic heterocycles. The van der Waals surface area contributed by atoms with E-state index >= 15 is 0 Å². The number of amides is 4. The molecule has 1 aromatic carbocycles. The van der Waals surface area contributed by atoms with E-state index in [1.54, 1.807) is 31.3 Å². The van der Waals surface area contributed by atoms with Gasteiger partial charge in [0.05, 0.1) is 5.69 Å². The van der Waals surface area contributed by atoms with Gasteiger partial charge in [0.25, 0.3) is 5.91 Å². The first kappa shape index (κ1) is 19.7. The number of nitrogens with zero attached hydrogens (tertiary/aromatic N) is 2. The number of carboxylic acids is 1. The summed E-state index contributed by atoms with van der Waals surface area (Å²) in [7, 11) is 1.58. The minimum atomic E-state index is -0.910. The molecule has 4 amide bonds. The van der Waals surface area contributed by atoms with Gasteiger partial charge in [0.15, 0.2) is 0 Å². The number of carbonyl (C=O) groups is 4. The highest BCUT2D eigenvalue weighted by atomic mass is 35.5. The topological polar surface area (TPSA) is 107 Å². The lowest BCUT2D eigenvalue weighted by Crippen LogP contribution is -2.33. The molecule has 1 aliphatic rings. The molecule has 0 saturated carbocycles. The van der Waals surface area contributed by atoms with Gasteiger partial charge in [-0.25, -0.2) is 9.69 Å². The Morgan fingerprint density at radius 3 is 2.50 bits per heavy atom. The van der Waals surface area contributed by atoms with E-state index in [4.69, 9.17) is 16.7 Å². The molecule has 1 aliphatic heterocycles. The van der Waals surface area contributed by atoms with Gasteiger partial charge in [-0.05, 0) is 37.1 Å². The number of aliphatic carboxylic acids is 1. The molecule has 0 radical (unpaired) electrons. The van der Waals surface area contributed by atoms with Crippen molar-refractivity contribution in [1.82, 2.24) is 10.2 Å². The van der Waals surface area contributed by atoms with Crippen LogP contribution in [0.4, 0.5) is 10.5 Å². The van der Waals surface area contributed by atoms with Gasteiger partial charge in [-0.2, -0.15) is 0 Å². The van der Waals surface area contributed by atoms with Crippen LogP contribution in [0.5, 0.6) is 0 Å². The van der Waals surface area contributed by atoms with Gasteiger partial charge < -0.3 is 15.3 Å². The van der Waals surface area contributed by atoms with Gasteiger partial charge in [0, 0.05) is 31.5 Å². The second-order valence-corrected chi connectivity index (χ2v) is 6.44. The lowest BCUT2D eigenvalue weighted by atomic mass is 10.1. The van der Waals surface area contributed by atoms with Crippen LogP contribution >= 0.6 is 11.6 Å². The summed E-state index contributed by atoms with van der Waals surface area (Å²) in [4.78, 5) is 49.6. The number of urea groups is 1. The zero-order valence-electron chi connectivity index (χ0n) is 14.3. The zero-order valence-corrected chi connectivity index (χ0v) is 15.0. The van der Waals surface area contributed by atoms with Crippen LogP contribution < -0.4 is 10.2 Å². The van der Waals surface area contributed by atoms with Crippen LogP contribution in [-0.4, -0.2) is 53.5 Å². The van der Waals surface area contributed by atoms with Gasteiger partial charge in [-0.1, -0.05) is 11.6 Å². The molecule has 1 heterocycles. The summed E-state index contributed by atoms with van der Waals surface area (Å²) < 4.78 is 0. The summed E-state index contributed by atoms with van der Waals surface area (Å²) in [6.07, 6.45) is 0.608. The summed E-state index contributed by atoms with van der Waals surface area (Å²) >= 11 is 5.81. The highest BCUT2D eigenvalue weighted by molar-refractivity contribution is 6.30. The number of nitrogens with one attached hydrogen (secondary N) is 1. The van der Waals surface area contributed by atoms with Crippen molar-refractivity contribution in [2.24, 2.45) is 0 Å². The van der Waals surface area contributed by atoms with Gasteiger partial charge in [0.2, 0.25) is 5.91 Å². The van der Waals surface area contributed by atoms with E-state index in [0.717, 1.165) is 4.90 Å².